The third kappa shape index (κ3) is 7.14. The Morgan fingerprint density at radius 3 is 1.70 bits per heavy atom. The van der Waals surface area contributed by atoms with Crippen LogP contribution in [-0.4, -0.2) is 90.4 Å². The molecule has 0 radical (unpaired) electrons. The SMILES string of the molecule is CO[C@H]1O[C@@H]2COC(c3ccccc3)O[C@H]2[C@H](O[CH2][Sn]([CH3])([CH3])[c]2ccccc2)[C@H]1O[CH2][Sn]([CH3])([CH3])[c]1ccccc1. The van der Waals surface area contributed by atoms with Gasteiger partial charge in [-0.1, -0.05) is 0 Å². The fraction of sp³-hybridized carbons (Fsp3) is 0.438. The fourth-order valence-corrected chi connectivity index (χ4v) is 16.1. The van der Waals surface area contributed by atoms with Crippen molar-refractivity contribution in [2.24, 2.45) is 0 Å². The quantitative estimate of drug-likeness (QED) is 0.283. The van der Waals surface area contributed by atoms with Crippen LogP contribution < -0.4 is 7.16 Å². The van der Waals surface area contributed by atoms with Gasteiger partial charge < -0.3 is 0 Å². The molecule has 8 heteroatoms. The van der Waals surface area contributed by atoms with Crippen molar-refractivity contribution in [2.75, 3.05) is 23.0 Å². The second-order valence-corrected chi connectivity index (χ2v) is 38.5. The van der Waals surface area contributed by atoms with Gasteiger partial charge >= 0.3 is 249 Å². The molecule has 1 unspecified atom stereocenters. The molecule has 0 saturated carbocycles. The van der Waals surface area contributed by atoms with Gasteiger partial charge in [0, 0.05) is 0 Å². The average Bonchev–Trinajstić information content (AvgIpc) is 2.99. The van der Waals surface area contributed by atoms with E-state index in [1.807, 2.05) is 30.3 Å². The van der Waals surface area contributed by atoms with Crippen LogP contribution in [0.4, 0.5) is 0 Å². The Bertz CT molecular complexity index is 1190. The van der Waals surface area contributed by atoms with E-state index in [-0.39, 0.29) is 18.3 Å². The molecule has 2 saturated heterocycles. The van der Waals surface area contributed by atoms with Crippen molar-refractivity contribution in [2.45, 2.75) is 56.8 Å². The van der Waals surface area contributed by atoms with Crippen LogP contribution in [0.3, 0.4) is 0 Å². The topological polar surface area (TPSA) is 55.4 Å². The molecule has 0 spiro atoms. The minimum absolute atomic E-state index is 0.310. The Morgan fingerprint density at radius 1 is 0.675 bits per heavy atom. The number of rotatable bonds is 10. The standard InChI is InChI=1S/C16H20O6.2C6H5.4CH3.2Sn/c1-17-13-12-11(21-16(19-3)14(13)18-2)9-20-15(22-12)10-7-5-4-6-8-10;2*1-2-4-6-5-3-1;;;;;;/h4-8,11-16H,1-2,9H2,3H3;2*1-5H;4*1H3;;/t11-,12-,13+,14-,15?,16+;;;;;;;;/m1......../s1. The Morgan fingerprint density at radius 2 is 1.18 bits per heavy atom. The Hall–Kier alpha value is -0.983. The van der Waals surface area contributed by atoms with Crippen molar-refractivity contribution in [3.05, 3.63) is 96.6 Å². The molecule has 3 aromatic carbocycles. The van der Waals surface area contributed by atoms with E-state index in [4.69, 9.17) is 28.4 Å². The Balaban J connectivity index is 1.41. The van der Waals surface area contributed by atoms with Gasteiger partial charge in [-0.15, -0.1) is 0 Å². The van der Waals surface area contributed by atoms with Crippen LogP contribution in [0, 0.1) is 0 Å². The number of ether oxygens (including phenoxy) is 6. The second-order valence-electron chi connectivity index (χ2n) is 12.0. The molecular formula is C32H42O6Sn2. The predicted molar refractivity (Wildman–Crippen MR) is 162 cm³/mol. The molecule has 0 bridgehead atoms. The van der Waals surface area contributed by atoms with Gasteiger partial charge in [0.15, 0.2) is 0 Å². The maximum atomic E-state index is 6.92. The molecule has 0 aliphatic carbocycles. The first kappa shape index (κ1) is 30.5. The summed E-state index contributed by atoms with van der Waals surface area (Å²) in [6, 6.07) is 31.6. The van der Waals surface area contributed by atoms with Gasteiger partial charge in [-0.25, -0.2) is 0 Å². The molecule has 0 amide bonds. The molecule has 0 aromatic heterocycles. The van der Waals surface area contributed by atoms with Gasteiger partial charge in [0.25, 0.3) is 0 Å². The molecule has 2 heterocycles. The van der Waals surface area contributed by atoms with E-state index in [2.05, 4.69) is 80.4 Å². The van der Waals surface area contributed by atoms with Crippen LogP contribution in [0.25, 0.3) is 0 Å². The summed E-state index contributed by atoms with van der Waals surface area (Å²) < 4.78 is 43.0. The molecule has 214 valence electrons. The monoisotopic (exact) mass is 762 g/mol. The number of benzene rings is 3. The summed E-state index contributed by atoms with van der Waals surface area (Å²) in [4.78, 5) is 9.63. The molecule has 6 nitrogen and oxygen atoms in total. The summed E-state index contributed by atoms with van der Waals surface area (Å²) in [6.07, 6.45) is -2.48. The van der Waals surface area contributed by atoms with Crippen molar-refractivity contribution in [1.82, 2.24) is 0 Å². The minimum atomic E-state index is -2.78. The van der Waals surface area contributed by atoms with E-state index in [9.17, 15) is 0 Å². The van der Waals surface area contributed by atoms with E-state index in [0.717, 1.165) is 5.56 Å². The van der Waals surface area contributed by atoms with E-state index in [1.54, 1.807) is 7.11 Å². The summed E-state index contributed by atoms with van der Waals surface area (Å²) in [6.45, 7) is 0.400. The van der Waals surface area contributed by atoms with Crippen molar-refractivity contribution in [3.63, 3.8) is 0 Å². The Labute approximate surface area is 247 Å². The van der Waals surface area contributed by atoms with E-state index < -0.39 is 55.4 Å². The average molecular weight is 760 g/mol. The molecular weight excluding hydrogens is 718 g/mol. The summed E-state index contributed by atoms with van der Waals surface area (Å²) in [5.74, 6) is 0. The van der Waals surface area contributed by atoms with E-state index in [1.165, 1.54) is 7.16 Å². The van der Waals surface area contributed by atoms with Crippen LogP contribution in [0.2, 0.25) is 19.8 Å². The van der Waals surface area contributed by atoms with Gasteiger partial charge in [0.05, 0.1) is 0 Å². The van der Waals surface area contributed by atoms with E-state index >= 15 is 0 Å². The first-order valence-corrected chi connectivity index (χ1v) is 32.4. The fourth-order valence-electron chi connectivity index (χ4n) is 5.44. The van der Waals surface area contributed by atoms with Crippen LogP contribution in [0.1, 0.15) is 11.9 Å². The first-order chi connectivity index (χ1) is 19.3. The first-order valence-electron chi connectivity index (χ1n) is 14.1. The molecule has 2 aliphatic rings. The molecule has 2 aliphatic heterocycles. The normalized spacial score (nSPS) is 27.2. The van der Waals surface area contributed by atoms with Crippen molar-refractivity contribution >= 4 is 43.9 Å². The maximum absolute atomic E-state index is 6.92. The predicted octanol–water partition coefficient (Wildman–Crippen LogP) is 4.55. The number of hydrogen-bond acceptors (Lipinski definition) is 6. The van der Waals surface area contributed by atoms with Crippen molar-refractivity contribution < 1.29 is 28.4 Å². The van der Waals surface area contributed by atoms with Gasteiger partial charge in [-0.2, -0.15) is 0 Å². The van der Waals surface area contributed by atoms with Crippen molar-refractivity contribution in [3.8, 4) is 0 Å². The van der Waals surface area contributed by atoms with Crippen LogP contribution in [-0.2, 0) is 28.4 Å². The third-order valence-electron chi connectivity index (χ3n) is 7.97. The second kappa shape index (κ2) is 13.5. The van der Waals surface area contributed by atoms with Gasteiger partial charge in [-0.05, 0) is 0 Å². The third-order valence-corrected chi connectivity index (χ3v) is 23.9. The van der Waals surface area contributed by atoms with Crippen molar-refractivity contribution in [1.29, 1.82) is 0 Å². The zero-order valence-corrected chi connectivity index (χ0v) is 29.9. The van der Waals surface area contributed by atoms with Crippen LogP contribution in [0.5, 0.6) is 0 Å². The van der Waals surface area contributed by atoms with E-state index in [0.29, 0.717) is 15.9 Å². The van der Waals surface area contributed by atoms with Crippen LogP contribution >= 0.6 is 0 Å². The van der Waals surface area contributed by atoms with Gasteiger partial charge in [-0.3, -0.25) is 0 Å². The molecule has 2 fully saturated rings. The number of methoxy groups -OCH3 is 1. The summed E-state index contributed by atoms with van der Waals surface area (Å²) in [5, 5.41) is 0. The molecule has 0 N–H and O–H groups in total. The summed E-state index contributed by atoms with van der Waals surface area (Å²) in [7, 11) is 1.68. The Kier molecular flexibility index (Phi) is 10.3. The summed E-state index contributed by atoms with van der Waals surface area (Å²) >= 11 is -5.54. The zero-order chi connectivity index (χ0) is 28.2. The molecule has 3 aromatic rings. The van der Waals surface area contributed by atoms with Gasteiger partial charge in [0.1, 0.15) is 0 Å². The molecule has 40 heavy (non-hydrogen) atoms. The molecule has 5 rings (SSSR count). The van der Waals surface area contributed by atoms with Gasteiger partial charge in [0.2, 0.25) is 0 Å². The number of fused-ring (bicyclic) bond motifs is 1. The summed E-state index contributed by atoms with van der Waals surface area (Å²) in [5.41, 5.74) is 0.983. The molecule has 6 atom stereocenters. The zero-order valence-electron chi connectivity index (χ0n) is 24.2. The van der Waals surface area contributed by atoms with Crippen LogP contribution in [0.15, 0.2) is 91.0 Å². The number of hydrogen-bond donors (Lipinski definition) is 0.